The van der Waals surface area contributed by atoms with Crippen LogP contribution in [0, 0.1) is 20.8 Å². The summed E-state index contributed by atoms with van der Waals surface area (Å²) in [5.74, 6) is 0. The van der Waals surface area contributed by atoms with Gasteiger partial charge in [-0.25, -0.2) is 0 Å². The van der Waals surface area contributed by atoms with Crippen LogP contribution in [0.1, 0.15) is 27.8 Å². The van der Waals surface area contributed by atoms with Crippen molar-refractivity contribution in [2.24, 2.45) is 0 Å². The summed E-state index contributed by atoms with van der Waals surface area (Å²) in [7, 11) is 0. The van der Waals surface area contributed by atoms with Crippen molar-refractivity contribution in [1.82, 2.24) is 0 Å². The maximum Gasteiger partial charge on any atom is 0.0687 e. The van der Waals surface area contributed by atoms with Crippen molar-refractivity contribution in [3.8, 4) is 0 Å². The Kier molecular flexibility index (Phi) is 4.18. The molecule has 0 fully saturated rings. The lowest BCUT2D eigenvalue weighted by molar-refractivity contribution is 0.350. The van der Waals surface area contributed by atoms with Crippen LogP contribution in [0.2, 0.25) is 0 Å². The van der Waals surface area contributed by atoms with Gasteiger partial charge in [0.1, 0.15) is 0 Å². The Balaban J connectivity index is 2.47. The van der Waals surface area contributed by atoms with Crippen LogP contribution in [0.3, 0.4) is 0 Å². The summed E-state index contributed by atoms with van der Waals surface area (Å²) in [4.78, 5) is 0. The molecule has 2 rings (SSSR count). The minimum absolute atomic E-state index is 0.0538. The molecule has 0 unspecified atom stereocenters. The maximum atomic E-state index is 9.66. The van der Waals surface area contributed by atoms with Crippen LogP contribution >= 0.6 is 0 Å². The molecule has 0 spiro atoms. The van der Waals surface area contributed by atoms with E-state index in [1.54, 1.807) is 0 Å². The lowest BCUT2D eigenvalue weighted by Crippen LogP contribution is -1.95. The molecule has 0 aromatic heterocycles. The minimum atomic E-state index is 0.0538. The maximum absolute atomic E-state index is 9.66. The highest BCUT2D eigenvalue weighted by Gasteiger charge is 2.05. The average Bonchev–Trinajstić information content (AvgIpc) is 2.39. The smallest absolute Gasteiger partial charge is 0.0687 e. The SMILES string of the molecule is Cc1cccc(/C=C(\CO)c2cc(C)ccc2C)c1. The van der Waals surface area contributed by atoms with Gasteiger partial charge in [-0.1, -0.05) is 53.6 Å². The Labute approximate surface area is 115 Å². The monoisotopic (exact) mass is 252 g/mol. The number of aliphatic hydroxyl groups excluding tert-OH is 1. The molecule has 0 bridgehead atoms. The molecule has 19 heavy (non-hydrogen) atoms. The number of aryl methyl sites for hydroxylation is 3. The van der Waals surface area contributed by atoms with Gasteiger partial charge in [0.05, 0.1) is 6.61 Å². The van der Waals surface area contributed by atoms with E-state index in [-0.39, 0.29) is 6.61 Å². The number of aliphatic hydroxyl groups is 1. The summed E-state index contributed by atoms with van der Waals surface area (Å²) in [6, 6.07) is 14.6. The molecule has 1 heteroatoms. The molecule has 0 radical (unpaired) electrons. The van der Waals surface area contributed by atoms with E-state index in [0.717, 1.165) is 16.7 Å². The molecule has 0 heterocycles. The predicted octanol–water partition coefficient (Wildman–Crippen LogP) is 4.14. The lowest BCUT2D eigenvalue weighted by atomic mass is 9.97. The van der Waals surface area contributed by atoms with Crippen molar-refractivity contribution in [3.63, 3.8) is 0 Å². The first-order valence-electron chi connectivity index (χ1n) is 6.56. The van der Waals surface area contributed by atoms with Crippen LogP contribution in [0.4, 0.5) is 0 Å². The first kappa shape index (κ1) is 13.6. The van der Waals surface area contributed by atoms with Gasteiger partial charge >= 0.3 is 0 Å². The highest BCUT2D eigenvalue weighted by Crippen LogP contribution is 2.22. The fourth-order valence-corrected chi connectivity index (χ4v) is 2.25. The molecule has 0 aliphatic rings. The zero-order chi connectivity index (χ0) is 13.8. The third-order valence-corrected chi connectivity index (χ3v) is 3.29. The molecule has 0 amide bonds. The van der Waals surface area contributed by atoms with E-state index in [1.165, 1.54) is 16.7 Å². The Hall–Kier alpha value is -1.86. The molecule has 0 saturated carbocycles. The highest BCUT2D eigenvalue weighted by atomic mass is 16.3. The number of benzene rings is 2. The predicted molar refractivity (Wildman–Crippen MR) is 82.1 cm³/mol. The van der Waals surface area contributed by atoms with E-state index >= 15 is 0 Å². The van der Waals surface area contributed by atoms with Gasteiger partial charge in [-0.3, -0.25) is 0 Å². The Morgan fingerprint density at radius 1 is 1.00 bits per heavy atom. The zero-order valence-corrected chi connectivity index (χ0v) is 11.8. The van der Waals surface area contributed by atoms with Crippen molar-refractivity contribution in [3.05, 3.63) is 70.3 Å². The largest absolute Gasteiger partial charge is 0.392 e. The van der Waals surface area contributed by atoms with Crippen molar-refractivity contribution in [2.75, 3.05) is 6.61 Å². The van der Waals surface area contributed by atoms with Crippen LogP contribution in [0.15, 0.2) is 42.5 Å². The molecule has 0 aliphatic heterocycles. The fourth-order valence-electron chi connectivity index (χ4n) is 2.25. The molecule has 0 saturated heterocycles. The molecule has 98 valence electrons. The quantitative estimate of drug-likeness (QED) is 0.814. The third-order valence-electron chi connectivity index (χ3n) is 3.29. The summed E-state index contributed by atoms with van der Waals surface area (Å²) in [6.07, 6.45) is 2.06. The van der Waals surface area contributed by atoms with E-state index < -0.39 is 0 Å². The van der Waals surface area contributed by atoms with Gasteiger partial charge in [0.15, 0.2) is 0 Å². The van der Waals surface area contributed by atoms with Crippen LogP contribution < -0.4 is 0 Å². The first-order valence-corrected chi connectivity index (χ1v) is 6.56. The Morgan fingerprint density at radius 2 is 1.74 bits per heavy atom. The van der Waals surface area contributed by atoms with Gasteiger partial charge in [0.2, 0.25) is 0 Å². The van der Waals surface area contributed by atoms with Gasteiger partial charge in [0.25, 0.3) is 0 Å². The van der Waals surface area contributed by atoms with Crippen LogP contribution in [0.25, 0.3) is 11.6 Å². The van der Waals surface area contributed by atoms with Crippen molar-refractivity contribution in [2.45, 2.75) is 20.8 Å². The minimum Gasteiger partial charge on any atom is -0.392 e. The molecular formula is C18H20O. The van der Waals surface area contributed by atoms with Gasteiger partial charge < -0.3 is 5.11 Å². The molecule has 2 aromatic rings. The number of hydrogen-bond acceptors (Lipinski definition) is 1. The van der Waals surface area contributed by atoms with Crippen molar-refractivity contribution >= 4 is 11.6 Å². The molecule has 0 aliphatic carbocycles. The normalized spacial score (nSPS) is 11.7. The summed E-state index contributed by atoms with van der Waals surface area (Å²) in [6.45, 7) is 6.28. The van der Waals surface area contributed by atoms with E-state index in [9.17, 15) is 5.11 Å². The molecule has 1 N–H and O–H groups in total. The average molecular weight is 252 g/mol. The molecule has 0 atom stereocenters. The van der Waals surface area contributed by atoms with Gasteiger partial charge in [-0.15, -0.1) is 0 Å². The topological polar surface area (TPSA) is 20.2 Å². The fraction of sp³-hybridized carbons (Fsp3) is 0.222. The van der Waals surface area contributed by atoms with Gasteiger partial charge in [-0.05, 0) is 49.1 Å². The van der Waals surface area contributed by atoms with Crippen molar-refractivity contribution in [1.29, 1.82) is 0 Å². The van der Waals surface area contributed by atoms with E-state index in [1.807, 2.05) is 6.07 Å². The molecule has 2 aromatic carbocycles. The van der Waals surface area contributed by atoms with E-state index in [4.69, 9.17) is 0 Å². The second-order valence-corrected chi connectivity index (χ2v) is 5.06. The zero-order valence-electron chi connectivity index (χ0n) is 11.8. The number of rotatable bonds is 3. The lowest BCUT2D eigenvalue weighted by Gasteiger charge is -2.10. The standard InChI is InChI=1S/C18H20O/c1-13-5-4-6-16(9-13)11-17(12-19)18-10-14(2)7-8-15(18)3/h4-11,19H,12H2,1-3H3/b17-11+. The molecular weight excluding hydrogens is 232 g/mol. The summed E-state index contributed by atoms with van der Waals surface area (Å²) in [5.41, 5.74) is 6.86. The van der Waals surface area contributed by atoms with Gasteiger partial charge in [0, 0.05) is 0 Å². The first-order chi connectivity index (χ1) is 9.10. The van der Waals surface area contributed by atoms with Crippen LogP contribution in [-0.4, -0.2) is 11.7 Å². The van der Waals surface area contributed by atoms with E-state index in [0.29, 0.717) is 0 Å². The second kappa shape index (κ2) is 5.85. The Bertz CT molecular complexity index is 609. The Morgan fingerprint density at radius 3 is 2.42 bits per heavy atom. The second-order valence-electron chi connectivity index (χ2n) is 5.06. The third kappa shape index (κ3) is 3.33. The van der Waals surface area contributed by atoms with Gasteiger partial charge in [-0.2, -0.15) is 0 Å². The van der Waals surface area contributed by atoms with Crippen molar-refractivity contribution < 1.29 is 5.11 Å². The number of hydrogen-bond donors (Lipinski definition) is 1. The summed E-state index contributed by atoms with van der Waals surface area (Å²) in [5, 5.41) is 9.66. The molecule has 1 nitrogen and oxygen atoms in total. The van der Waals surface area contributed by atoms with Crippen LogP contribution in [-0.2, 0) is 0 Å². The van der Waals surface area contributed by atoms with Crippen LogP contribution in [0.5, 0.6) is 0 Å². The summed E-state index contributed by atoms with van der Waals surface area (Å²) < 4.78 is 0. The highest BCUT2D eigenvalue weighted by molar-refractivity contribution is 5.83. The van der Waals surface area contributed by atoms with E-state index in [2.05, 4.69) is 63.2 Å². The summed E-state index contributed by atoms with van der Waals surface area (Å²) >= 11 is 0.